The number of nitrogens with zero attached hydrogens (tertiary/aromatic N) is 3. The van der Waals surface area contributed by atoms with E-state index < -0.39 is 16.0 Å². The van der Waals surface area contributed by atoms with E-state index in [1.165, 1.54) is 0 Å². The molecule has 0 unspecified atom stereocenters. The van der Waals surface area contributed by atoms with Crippen molar-refractivity contribution in [3.8, 4) is 6.07 Å². The smallest absolute Gasteiger partial charge is 0.288 e. The molecule has 58 valence electrons. The van der Waals surface area contributed by atoms with Crippen LogP contribution < -0.4 is 0 Å². The Morgan fingerprint density at radius 1 is 1.30 bits per heavy atom. The van der Waals surface area contributed by atoms with Gasteiger partial charge in [0.25, 0.3) is 0 Å². The zero-order valence-electron chi connectivity index (χ0n) is 4.28. The van der Waals surface area contributed by atoms with Crippen molar-refractivity contribution in [3.05, 3.63) is 26.4 Å². The van der Waals surface area contributed by atoms with E-state index in [4.69, 9.17) is 5.26 Å². The van der Waals surface area contributed by atoms with Crippen LogP contribution in [0, 0.1) is 37.7 Å². The van der Waals surface area contributed by atoms with Gasteiger partial charge in [-0.2, -0.15) is 0 Å². The first-order valence-corrected chi connectivity index (χ1v) is 1.65. The van der Waals surface area contributed by atoms with Crippen molar-refractivity contribution in [2.45, 2.75) is 0 Å². The Hall–Kier alpha value is -1.10. The predicted octanol–water partition coefficient (Wildman–Crippen LogP) is -0.450. The Labute approximate surface area is 70.4 Å². The summed E-state index contributed by atoms with van der Waals surface area (Å²) >= 11 is 0. The minimum atomic E-state index is -1.56. The fourth-order valence-electron chi connectivity index (χ4n) is 0.148. The van der Waals surface area contributed by atoms with Gasteiger partial charge in [-0.3, -0.25) is 20.2 Å². The summed E-state index contributed by atoms with van der Waals surface area (Å²) in [5, 5.41) is 26.6. The molecule has 0 rings (SSSR count). The van der Waals surface area contributed by atoms with Crippen molar-refractivity contribution >= 4 is 0 Å². The molecule has 0 aromatic rings. The van der Waals surface area contributed by atoms with E-state index in [1.54, 1.807) is 0 Å². The maximum atomic E-state index is 9.48. The Bertz CT molecular complexity index is 171. The average molecular weight is 238 g/mol. The topological polar surface area (TPSA) is 110 Å². The van der Waals surface area contributed by atoms with E-state index in [-0.39, 0.29) is 22.4 Å². The van der Waals surface area contributed by atoms with Gasteiger partial charge in [0.1, 0.15) is 0 Å². The van der Waals surface area contributed by atoms with E-state index >= 15 is 0 Å². The second-order valence-corrected chi connectivity index (χ2v) is 0.950. The van der Waals surface area contributed by atoms with Gasteiger partial charge in [0.2, 0.25) is 0 Å². The van der Waals surface area contributed by atoms with Gasteiger partial charge in [0.05, 0.1) is 6.07 Å². The second kappa shape index (κ2) is 4.75. The summed E-state index contributed by atoms with van der Waals surface area (Å²) in [6.07, 6.45) is -1.56. The summed E-state index contributed by atoms with van der Waals surface area (Å²) in [5.41, 5.74) is 0. The van der Waals surface area contributed by atoms with E-state index in [0.717, 1.165) is 6.07 Å². The zero-order chi connectivity index (χ0) is 7.44. The molecular formula is C2AgN3O4. The van der Waals surface area contributed by atoms with Gasteiger partial charge < -0.3 is 0 Å². The van der Waals surface area contributed by atoms with Gasteiger partial charge in [0, 0.05) is 0 Å². The third-order valence-corrected chi connectivity index (χ3v) is 0.446. The van der Waals surface area contributed by atoms with Gasteiger partial charge in [-0.25, -0.2) is 5.26 Å². The molecule has 8 heteroatoms. The van der Waals surface area contributed by atoms with Gasteiger partial charge in [-0.1, -0.05) is 0 Å². The molecular weight excluding hydrogens is 238 g/mol. The molecule has 0 saturated carbocycles. The SMILES string of the molecule is N#C[C-]([N+](=O)[O-])[N+](=O)[O-].[Ag+]. The molecule has 0 saturated heterocycles. The fraction of sp³-hybridized carbons (Fsp3) is 0. The second-order valence-electron chi connectivity index (χ2n) is 0.950. The van der Waals surface area contributed by atoms with Crippen LogP contribution in [0.1, 0.15) is 0 Å². The molecule has 0 atom stereocenters. The van der Waals surface area contributed by atoms with Gasteiger partial charge >= 0.3 is 28.5 Å². The molecule has 0 fully saturated rings. The molecule has 0 aromatic heterocycles. The van der Waals surface area contributed by atoms with Crippen LogP contribution in [0.3, 0.4) is 0 Å². The zero-order valence-corrected chi connectivity index (χ0v) is 5.76. The predicted molar refractivity (Wildman–Crippen MR) is 22.8 cm³/mol. The third-order valence-electron chi connectivity index (χ3n) is 0.446. The summed E-state index contributed by atoms with van der Waals surface area (Å²) in [4.78, 5) is 16.3. The molecule has 0 heterocycles. The Morgan fingerprint density at radius 3 is 1.60 bits per heavy atom. The van der Waals surface area contributed by atoms with Gasteiger partial charge in [-0.05, 0) is 9.85 Å². The third kappa shape index (κ3) is 3.03. The van der Waals surface area contributed by atoms with Crippen LogP contribution >= 0.6 is 0 Å². The van der Waals surface area contributed by atoms with Crippen molar-refractivity contribution in [2.75, 3.05) is 0 Å². The molecule has 7 nitrogen and oxygen atoms in total. The number of nitro groups is 2. The van der Waals surface area contributed by atoms with Gasteiger partial charge in [-0.15, -0.1) is 0 Å². The van der Waals surface area contributed by atoms with Crippen LogP contribution in [0.25, 0.3) is 0 Å². The minimum absolute atomic E-state index is 0. The molecule has 0 N–H and O–H groups in total. The molecule has 0 aromatic carbocycles. The number of hydrogen-bond acceptors (Lipinski definition) is 5. The first-order valence-electron chi connectivity index (χ1n) is 1.65. The fourth-order valence-corrected chi connectivity index (χ4v) is 0.148. The van der Waals surface area contributed by atoms with Crippen LogP contribution in [-0.4, -0.2) is 9.85 Å². The largest absolute Gasteiger partial charge is 1.00 e. The van der Waals surface area contributed by atoms with Crippen molar-refractivity contribution in [1.82, 2.24) is 0 Å². The first kappa shape index (κ1) is 11.7. The summed E-state index contributed by atoms with van der Waals surface area (Å²) in [7, 11) is 0. The molecule has 0 aliphatic carbocycles. The number of hydrogen-bond donors (Lipinski definition) is 0. The molecule has 0 bridgehead atoms. The summed E-state index contributed by atoms with van der Waals surface area (Å²) < 4.78 is 0. The van der Waals surface area contributed by atoms with Crippen LogP contribution in [0.4, 0.5) is 0 Å². The monoisotopic (exact) mass is 237 g/mol. The van der Waals surface area contributed by atoms with Crippen molar-refractivity contribution in [1.29, 1.82) is 5.26 Å². The number of nitriles is 1. The van der Waals surface area contributed by atoms with Gasteiger partial charge in [0.15, 0.2) is 0 Å². The quantitative estimate of drug-likeness (QED) is 0.280. The normalized spacial score (nSPS) is 6.70. The van der Waals surface area contributed by atoms with Crippen molar-refractivity contribution in [2.24, 2.45) is 0 Å². The number of rotatable bonds is 2. The molecule has 0 spiro atoms. The summed E-state index contributed by atoms with van der Waals surface area (Å²) in [5.74, 6) is 0. The minimum Gasteiger partial charge on any atom is -0.288 e. The first-order chi connectivity index (χ1) is 4.09. The van der Waals surface area contributed by atoms with Crippen LogP contribution in [0.2, 0.25) is 0 Å². The molecule has 0 aliphatic rings. The maximum absolute atomic E-state index is 9.48. The van der Waals surface area contributed by atoms with E-state index in [2.05, 4.69) is 0 Å². The molecule has 0 radical (unpaired) electrons. The summed E-state index contributed by atoms with van der Waals surface area (Å²) in [6, 6.07) is 0.819. The average Bonchev–Trinajstić information content (AvgIpc) is 1.64. The van der Waals surface area contributed by atoms with Crippen LogP contribution in [-0.2, 0) is 22.4 Å². The van der Waals surface area contributed by atoms with Crippen LogP contribution in [0.5, 0.6) is 0 Å². The van der Waals surface area contributed by atoms with E-state index in [0.29, 0.717) is 0 Å². The summed E-state index contributed by atoms with van der Waals surface area (Å²) in [6.45, 7) is 0. The molecule has 0 aliphatic heterocycles. The van der Waals surface area contributed by atoms with Crippen molar-refractivity contribution < 1.29 is 32.2 Å². The molecule has 0 amide bonds. The van der Waals surface area contributed by atoms with Crippen LogP contribution in [0.15, 0.2) is 0 Å². The Morgan fingerprint density at radius 2 is 1.60 bits per heavy atom. The Balaban J connectivity index is 0. The standard InChI is InChI=1S/C2N3O4.Ag/c3-1-2(4(6)7)5(8)9;/q-1;+1. The Kier molecular flexibility index (Phi) is 5.54. The maximum Gasteiger partial charge on any atom is 1.00 e. The van der Waals surface area contributed by atoms with E-state index in [9.17, 15) is 20.2 Å². The van der Waals surface area contributed by atoms with E-state index in [1.807, 2.05) is 0 Å². The van der Waals surface area contributed by atoms with Crippen molar-refractivity contribution in [3.63, 3.8) is 0 Å². The molecule has 10 heavy (non-hydrogen) atoms.